The average Bonchev–Trinajstić information content (AvgIpc) is 2.88. The number of nitrogens with zero attached hydrogens (tertiary/aromatic N) is 1. The third kappa shape index (κ3) is 4.22. The molecule has 0 amide bonds. The summed E-state index contributed by atoms with van der Waals surface area (Å²) in [6.45, 7) is 1.70. The molecular formula is C15H20N2O3S. The molecule has 2 rings (SSSR count). The van der Waals surface area contributed by atoms with Crippen LogP contribution in [-0.4, -0.2) is 29.4 Å². The van der Waals surface area contributed by atoms with Crippen molar-refractivity contribution in [2.45, 2.75) is 36.9 Å². The van der Waals surface area contributed by atoms with Crippen molar-refractivity contribution in [3.05, 3.63) is 24.3 Å². The van der Waals surface area contributed by atoms with Gasteiger partial charge >= 0.3 is 5.97 Å². The topological polar surface area (TPSA) is 78.4 Å². The zero-order valence-electron chi connectivity index (χ0n) is 12.3. The van der Waals surface area contributed by atoms with Gasteiger partial charge in [0.2, 0.25) is 0 Å². The van der Waals surface area contributed by atoms with E-state index in [2.05, 4.69) is 9.72 Å². The van der Waals surface area contributed by atoms with E-state index in [-0.39, 0.29) is 5.97 Å². The summed E-state index contributed by atoms with van der Waals surface area (Å²) in [5.74, 6) is 0.512. The van der Waals surface area contributed by atoms with Crippen LogP contribution < -0.4 is 5.73 Å². The van der Waals surface area contributed by atoms with Gasteiger partial charge in [-0.25, -0.2) is 4.98 Å². The maximum atomic E-state index is 11.4. The Morgan fingerprint density at radius 1 is 1.43 bits per heavy atom. The number of fused-ring (bicyclic) bond motifs is 1. The molecule has 1 aromatic heterocycles. The fourth-order valence-corrected chi connectivity index (χ4v) is 2.84. The van der Waals surface area contributed by atoms with E-state index in [4.69, 9.17) is 10.2 Å². The van der Waals surface area contributed by atoms with E-state index in [1.165, 1.54) is 7.11 Å². The van der Waals surface area contributed by atoms with Crippen LogP contribution in [0.3, 0.4) is 0 Å². The number of thioether (sulfide) groups is 1. The number of hydrogen-bond donors (Lipinski definition) is 1. The molecule has 6 heteroatoms. The van der Waals surface area contributed by atoms with Crippen LogP contribution in [0.5, 0.6) is 0 Å². The molecule has 2 N–H and O–H groups in total. The predicted octanol–water partition coefficient (Wildman–Crippen LogP) is 2.98. The lowest BCUT2D eigenvalue weighted by molar-refractivity contribution is -0.146. The molecule has 114 valence electrons. The van der Waals surface area contributed by atoms with Gasteiger partial charge in [-0.2, -0.15) is 0 Å². The Morgan fingerprint density at radius 2 is 2.19 bits per heavy atom. The lowest BCUT2D eigenvalue weighted by Crippen LogP contribution is -2.45. The minimum Gasteiger partial charge on any atom is -0.468 e. The fourth-order valence-electron chi connectivity index (χ4n) is 2.00. The van der Waals surface area contributed by atoms with Crippen molar-refractivity contribution in [3.8, 4) is 0 Å². The Kier molecular flexibility index (Phi) is 5.25. The second kappa shape index (κ2) is 6.95. The number of carbonyl (C=O) groups excluding carboxylic acids is 1. The molecule has 0 spiro atoms. The number of benzene rings is 1. The third-order valence-electron chi connectivity index (χ3n) is 3.24. The Hall–Kier alpha value is -1.53. The minimum atomic E-state index is -0.906. The minimum absolute atomic E-state index is 0.367. The third-order valence-corrected chi connectivity index (χ3v) is 4.16. The number of methoxy groups -OCH3 is 1. The summed E-state index contributed by atoms with van der Waals surface area (Å²) < 4.78 is 10.3. The van der Waals surface area contributed by atoms with Gasteiger partial charge in [-0.15, -0.1) is 0 Å². The number of nitrogens with two attached hydrogens (primary N) is 1. The van der Waals surface area contributed by atoms with E-state index in [1.807, 2.05) is 24.3 Å². The standard InChI is InChI=1S/C15H20N2O3S/c1-15(16,13(18)19-2)9-5-6-10-21-14-17-11-7-3-4-8-12(11)20-14/h3-4,7-8H,5-6,9-10,16H2,1-2H3. The van der Waals surface area contributed by atoms with Crippen LogP contribution in [0.25, 0.3) is 11.1 Å². The first-order valence-electron chi connectivity index (χ1n) is 6.88. The molecule has 0 radical (unpaired) electrons. The van der Waals surface area contributed by atoms with Gasteiger partial charge in [-0.05, 0) is 31.9 Å². The molecular weight excluding hydrogens is 288 g/mol. The van der Waals surface area contributed by atoms with Gasteiger partial charge < -0.3 is 14.9 Å². The first-order valence-corrected chi connectivity index (χ1v) is 7.87. The number of oxazole rings is 1. The molecule has 1 aromatic carbocycles. The van der Waals surface area contributed by atoms with Crippen molar-refractivity contribution in [1.29, 1.82) is 0 Å². The van der Waals surface area contributed by atoms with Crippen LogP contribution >= 0.6 is 11.8 Å². The van der Waals surface area contributed by atoms with Crippen molar-refractivity contribution in [3.63, 3.8) is 0 Å². The van der Waals surface area contributed by atoms with Crippen LogP contribution in [0.2, 0.25) is 0 Å². The zero-order chi connectivity index (χ0) is 15.3. The molecule has 1 heterocycles. The number of ether oxygens (including phenoxy) is 1. The van der Waals surface area contributed by atoms with Gasteiger partial charge in [0.25, 0.3) is 5.22 Å². The highest BCUT2D eigenvalue weighted by atomic mass is 32.2. The van der Waals surface area contributed by atoms with Crippen molar-refractivity contribution in [1.82, 2.24) is 4.98 Å². The van der Waals surface area contributed by atoms with Gasteiger partial charge in [-0.1, -0.05) is 30.3 Å². The second-order valence-electron chi connectivity index (χ2n) is 5.16. The molecule has 1 atom stereocenters. The normalized spacial score (nSPS) is 14.0. The van der Waals surface area contributed by atoms with Gasteiger partial charge in [-0.3, -0.25) is 4.79 Å². The largest absolute Gasteiger partial charge is 0.468 e. The van der Waals surface area contributed by atoms with Crippen LogP contribution in [0, 0.1) is 0 Å². The Bertz CT molecular complexity index is 577. The lowest BCUT2D eigenvalue weighted by Gasteiger charge is -2.20. The predicted molar refractivity (Wildman–Crippen MR) is 83.2 cm³/mol. The summed E-state index contributed by atoms with van der Waals surface area (Å²) in [5.41, 5.74) is 6.68. The van der Waals surface area contributed by atoms with Crippen LogP contribution in [-0.2, 0) is 9.53 Å². The first kappa shape index (κ1) is 15.9. The van der Waals surface area contributed by atoms with Gasteiger partial charge in [0, 0.05) is 5.75 Å². The maximum absolute atomic E-state index is 11.4. The number of hydrogen-bond acceptors (Lipinski definition) is 6. The number of unbranched alkanes of at least 4 members (excludes halogenated alkanes) is 1. The van der Waals surface area contributed by atoms with Gasteiger partial charge in [0.1, 0.15) is 11.1 Å². The summed E-state index contributed by atoms with van der Waals surface area (Å²) >= 11 is 1.58. The van der Waals surface area contributed by atoms with E-state index in [9.17, 15) is 4.79 Å². The molecule has 2 aromatic rings. The number of aromatic nitrogens is 1. The van der Waals surface area contributed by atoms with Crippen molar-refractivity contribution in [2.24, 2.45) is 5.73 Å². The molecule has 0 aliphatic rings. The second-order valence-corrected chi connectivity index (χ2v) is 6.21. The highest BCUT2D eigenvalue weighted by molar-refractivity contribution is 7.99. The highest BCUT2D eigenvalue weighted by Gasteiger charge is 2.28. The van der Waals surface area contributed by atoms with Crippen molar-refractivity contribution >= 4 is 28.8 Å². The van der Waals surface area contributed by atoms with E-state index in [0.717, 1.165) is 29.7 Å². The number of para-hydroxylation sites is 2. The van der Waals surface area contributed by atoms with E-state index >= 15 is 0 Å². The fraction of sp³-hybridized carbons (Fsp3) is 0.467. The monoisotopic (exact) mass is 308 g/mol. The maximum Gasteiger partial charge on any atom is 0.325 e. The quantitative estimate of drug-likeness (QED) is 0.481. The first-order chi connectivity index (χ1) is 10.0. The molecule has 5 nitrogen and oxygen atoms in total. The van der Waals surface area contributed by atoms with E-state index < -0.39 is 5.54 Å². The lowest BCUT2D eigenvalue weighted by atomic mass is 9.97. The van der Waals surface area contributed by atoms with Crippen LogP contribution in [0.4, 0.5) is 0 Å². The Morgan fingerprint density at radius 3 is 2.90 bits per heavy atom. The van der Waals surface area contributed by atoms with Crippen molar-refractivity contribution < 1.29 is 13.9 Å². The van der Waals surface area contributed by atoms with Crippen LogP contribution in [0.1, 0.15) is 26.2 Å². The van der Waals surface area contributed by atoms with Crippen molar-refractivity contribution in [2.75, 3.05) is 12.9 Å². The van der Waals surface area contributed by atoms with Crippen LogP contribution in [0.15, 0.2) is 33.9 Å². The Labute approximate surface area is 128 Å². The van der Waals surface area contributed by atoms with Gasteiger partial charge in [0.15, 0.2) is 5.58 Å². The highest BCUT2D eigenvalue weighted by Crippen LogP contribution is 2.24. The Balaban J connectivity index is 1.74. The van der Waals surface area contributed by atoms with E-state index in [0.29, 0.717) is 11.6 Å². The summed E-state index contributed by atoms with van der Waals surface area (Å²) in [5, 5.41) is 0.680. The molecule has 0 aliphatic heterocycles. The summed E-state index contributed by atoms with van der Waals surface area (Å²) in [7, 11) is 1.36. The molecule has 1 unspecified atom stereocenters. The number of esters is 1. The molecule has 0 saturated heterocycles. The zero-order valence-corrected chi connectivity index (χ0v) is 13.1. The summed E-state index contributed by atoms with van der Waals surface area (Å²) in [6, 6.07) is 7.70. The number of carbonyl (C=O) groups is 1. The summed E-state index contributed by atoms with van der Waals surface area (Å²) in [6.07, 6.45) is 2.40. The smallest absolute Gasteiger partial charge is 0.325 e. The van der Waals surface area contributed by atoms with E-state index in [1.54, 1.807) is 18.7 Å². The molecule has 0 aliphatic carbocycles. The number of rotatable bonds is 7. The molecule has 21 heavy (non-hydrogen) atoms. The molecule has 0 bridgehead atoms. The van der Waals surface area contributed by atoms with Gasteiger partial charge in [0.05, 0.1) is 7.11 Å². The molecule has 0 saturated carbocycles. The SMILES string of the molecule is COC(=O)C(C)(N)CCCCSc1nc2ccccc2o1. The molecule has 0 fully saturated rings. The summed E-state index contributed by atoms with van der Waals surface area (Å²) in [4.78, 5) is 15.8. The average molecular weight is 308 g/mol.